The van der Waals surface area contributed by atoms with Gasteiger partial charge in [-0.3, -0.25) is 9.69 Å². The van der Waals surface area contributed by atoms with Crippen LogP contribution in [0.15, 0.2) is 0 Å². The molecular weight excluding hydrogens is 216 g/mol. The number of piperidine rings is 1. The summed E-state index contributed by atoms with van der Waals surface area (Å²) in [6.07, 6.45) is 2.73. The fourth-order valence-electron chi connectivity index (χ4n) is 2.09. The topological polar surface area (TPSA) is 59.4 Å². The Morgan fingerprint density at radius 1 is 1.65 bits per heavy atom. The van der Waals surface area contributed by atoms with Crippen molar-refractivity contribution in [2.24, 2.45) is 0 Å². The van der Waals surface area contributed by atoms with Gasteiger partial charge in [0.15, 0.2) is 0 Å². The molecule has 1 atom stereocenters. The minimum absolute atomic E-state index is 0.108. The number of amides is 1. The van der Waals surface area contributed by atoms with E-state index in [-0.39, 0.29) is 5.91 Å². The van der Waals surface area contributed by atoms with Gasteiger partial charge in [0.2, 0.25) is 5.91 Å². The molecule has 1 N–H and O–H groups in total. The number of hydrogen-bond donors (Lipinski definition) is 1. The maximum absolute atomic E-state index is 11.9. The van der Waals surface area contributed by atoms with Crippen LogP contribution in [-0.4, -0.2) is 62.0 Å². The number of rotatable bonds is 5. The molecule has 0 aromatic heterocycles. The van der Waals surface area contributed by atoms with E-state index in [1.54, 1.807) is 11.9 Å². The number of likely N-dealkylation sites (N-methyl/N-ethyl adjacent to an activating group) is 2. The fraction of sp³-hybridized carbons (Fsp3) is 0.833. The zero-order chi connectivity index (χ0) is 12.7. The predicted molar refractivity (Wildman–Crippen MR) is 66.4 cm³/mol. The largest absolute Gasteiger partial charge is 0.344 e. The van der Waals surface area contributed by atoms with Crippen LogP contribution in [0.25, 0.3) is 0 Å². The quantitative estimate of drug-likeness (QED) is 0.735. The SMILES string of the molecule is CNC1CCCN(CC(=O)N(C)CCC#N)C1. The highest BCUT2D eigenvalue weighted by Gasteiger charge is 2.21. The fourth-order valence-corrected chi connectivity index (χ4v) is 2.09. The van der Waals surface area contributed by atoms with E-state index < -0.39 is 0 Å². The smallest absolute Gasteiger partial charge is 0.236 e. The third-order valence-corrected chi connectivity index (χ3v) is 3.26. The van der Waals surface area contributed by atoms with Crippen molar-refractivity contribution in [3.8, 4) is 6.07 Å². The molecule has 5 heteroatoms. The van der Waals surface area contributed by atoms with Crippen molar-refractivity contribution in [1.82, 2.24) is 15.1 Å². The third-order valence-electron chi connectivity index (χ3n) is 3.26. The van der Waals surface area contributed by atoms with Crippen molar-refractivity contribution < 1.29 is 4.79 Å². The van der Waals surface area contributed by atoms with Gasteiger partial charge in [0, 0.05) is 26.2 Å². The first-order valence-corrected chi connectivity index (χ1v) is 6.18. The molecule has 17 heavy (non-hydrogen) atoms. The van der Waals surface area contributed by atoms with Gasteiger partial charge in [0.1, 0.15) is 0 Å². The molecule has 0 aromatic carbocycles. The predicted octanol–water partition coefficient (Wildman–Crippen LogP) is 0.0423. The van der Waals surface area contributed by atoms with Crippen LogP contribution in [-0.2, 0) is 4.79 Å². The number of nitrogens with zero attached hydrogens (tertiary/aromatic N) is 3. The van der Waals surface area contributed by atoms with Gasteiger partial charge in [-0.1, -0.05) is 0 Å². The molecule has 1 rings (SSSR count). The van der Waals surface area contributed by atoms with Crippen LogP contribution in [0.1, 0.15) is 19.3 Å². The van der Waals surface area contributed by atoms with Crippen molar-refractivity contribution in [3.05, 3.63) is 0 Å². The van der Waals surface area contributed by atoms with E-state index in [0.717, 1.165) is 19.5 Å². The van der Waals surface area contributed by atoms with Gasteiger partial charge in [-0.25, -0.2) is 0 Å². The van der Waals surface area contributed by atoms with Crippen LogP contribution < -0.4 is 5.32 Å². The Hall–Kier alpha value is -1.12. The minimum atomic E-state index is 0.108. The molecule has 96 valence electrons. The summed E-state index contributed by atoms with van der Waals surface area (Å²) in [5, 5.41) is 11.7. The number of nitrogens with one attached hydrogen (secondary N) is 1. The molecule has 1 fully saturated rings. The molecule has 5 nitrogen and oxygen atoms in total. The zero-order valence-electron chi connectivity index (χ0n) is 10.8. The molecule has 1 saturated heterocycles. The zero-order valence-corrected chi connectivity index (χ0v) is 10.8. The number of carbonyl (C=O) groups is 1. The lowest BCUT2D eigenvalue weighted by Gasteiger charge is -2.32. The van der Waals surface area contributed by atoms with E-state index in [1.165, 1.54) is 6.42 Å². The van der Waals surface area contributed by atoms with Crippen molar-refractivity contribution in [2.45, 2.75) is 25.3 Å². The lowest BCUT2D eigenvalue weighted by Crippen LogP contribution is -2.48. The van der Waals surface area contributed by atoms with E-state index >= 15 is 0 Å². The summed E-state index contributed by atoms with van der Waals surface area (Å²) in [5.74, 6) is 0.108. The lowest BCUT2D eigenvalue weighted by atomic mass is 10.1. The van der Waals surface area contributed by atoms with Gasteiger partial charge in [-0.2, -0.15) is 5.26 Å². The normalized spacial score (nSPS) is 20.9. The first-order chi connectivity index (χ1) is 8.17. The molecule has 0 spiro atoms. The van der Waals surface area contributed by atoms with Crippen LogP contribution in [0.2, 0.25) is 0 Å². The Morgan fingerprint density at radius 3 is 3.06 bits per heavy atom. The molecule has 1 heterocycles. The molecule has 1 aliphatic heterocycles. The first-order valence-electron chi connectivity index (χ1n) is 6.18. The Bertz CT molecular complexity index is 287. The van der Waals surface area contributed by atoms with E-state index in [9.17, 15) is 4.79 Å². The molecule has 0 bridgehead atoms. The van der Waals surface area contributed by atoms with E-state index in [2.05, 4.69) is 16.3 Å². The molecule has 0 aliphatic carbocycles. The van der Waals surface area contributed by atoms with Crippen LogP contribution >= 0.6 is 0 Å². The summed E-state index contributed by atoms with van der Waals surface area (Å²) in [6, 6.07) is 2.56. The summed E-state index contributed by atoms with van der Waals surface area (Å²) >= 11 is 0. The Labute approximate surface area is 103 Å². The number of likely N-dealkylation sites (tertiary alicyclic amines) is 1. The number of nitriles is 1. The highest BCUT2D eigenvalue weighted by Crippen LogP contribution is 2.09. The maximum Gasteiger partial charge on any atom is 0.236 e. The maximum atomic E-state index is 11.9. The molecule has 0 radical (unpaired) electrons. The average Bonchev–Trinajstić information content (AvgIpc) is 2.36. The second-order valence-corrected chi connectivity index (χ2v) is 4.59. The highest BCUT2D eigenvalue weighted by molar-refractivity contribution is 5.78. The average molecular weight is 238 g/mol. The second kappa shape index (κ2) is 7.25. The molecule has 1 aliphatic rings. The number of carbonyl (C=O) groups excluding carboxylic acids is 1. The molecule has 1 amide bonds. The molecular formula is C12H22N4O. The highest BCUT2D eigenvalue weighted by atomic mass is 16.2. The van der Waals surface area contributed by atoms with Crippen LogP contribution in [0.3, 0.4) is 0 Å². The van der Waals surface area contributed by atoms with Crippen molar-refractivity contribution in [3.63, 3.8) is 0 Å². The van der Waals surface area contributed by atoms with Crippen LogP contribution in [0.4, 0.5) is 0 Å². The van der Waals surface area contributed by atoms with E-state index in [4.69, 9.17) is 5.26 Å². The van der Waals surface area contributed by atoms with Crippen LogP contribution in [0, 0.1) is 11.3 Å². The Balaban J connectivity index is 2.32. The van der Waals surface area contributed by atoms with Crippen molar-refractivity contribution >= 4 is 5.91 Å². The summed E-state index contributed by atoms with van der Waals surface area (Å²) < 4.78 is 0. The van der Waals surface area contributed by atoms with Gasteiger partial charge in [-0.15, -0.1) is 0 Å². The van der Waals surface area contributed by atoms with Crippen molar-refractivity contribution in [2.75, 3.05) is 40.3 Å². The molecule has 1 unspecified atom stereocenters. The third kappa shape index (κ3) is 4.72. The first kappa shape index (κ1) is 13.9. The van der Waals surface area contributed by atoms with Gasteiger partial charge >= 0.3 is 0 Å². The lowest BCUT2D eigenvalue weighted by molar-refractivity contribution is -0.131. The summed E-state index contributed by atoms with van der Waals surface area (Å²) in [6.45, 7) is 2.93. The monoisotopic (exact) mass is 238 g/mol. The molecule has 0 aromatic rings. The van der Waals surface area contributed by atoms with Gasteiger partial charge in [0.05, 0.1) is 19.0 Å². The van der Waals surface area contributed by atoms with Crippen molar-refractivity contribution in [1.29, 1.82) is 5.26 Å². The van der Waals surface area contributed by atoms with Gasteiger partial charge in [-0.05, 0) is 26.4 Å². The second-order valence-electron chi connectivity index (χ2n) is 4.59. The summed E-state index contributed by atoms with van der Waals surface area (Å²) in [7, 11) is 3.73. The minimum Gasteiger partial charge on any atom is -0.344 e. The van der Waals surface area contributed by atoms with Crippen LogP contribution in [0.5, 0.6) is 0 Å². The summed E-state index contributed by atoms with van der Waals surface area (Å²) in [5.41, 5.74) is 0. The Kier molecular flexibility index (Phi) is 5.95. The van der Waals surface area contributed by atoms with E-state index in [0.29, 0.717) is 25.6 Å². The van der Waals surface area contributed by atoms with Gasteiger partial charge in [0.25, 0.3) is 0 Å². The summed E-state index contributed by atoms with van der Waals surface area (Å²) in [4.78, 5) is 15.7. The van der Waals surface area contributed by atoms with E-state index in [1.807, 2.05) is 7.05 Å². The molecule has 0 saturated carbocycles. The Morgan fingerprint density at radius 2 is 2.41 bits per heavy atom. The van der Waals surface area contributed by atoms with Gasteiger partial charge < -0.3 is 10.2 Å². The number of hydrogen-bond acceptors (Lipinski definition) is 4. The standard InChI is InChI=1S/C12H22N4O/c1-14-11-5-3-8-16(9-11)10-12(17)15(2)7-4-6-13/h11,14H,3-5,7-10H2,1-2H3.